The van der Waals surface area contributed by atoms with Crippen molar-refractivity contribution in [2.24, 2.45) is 0 Å². The number of aromatic nitrogens is 2. The van der Waals surface area contributed by atoms with Crippen molar-refractivity contribution >= 4 is 33.0 Å². The van der Waals surface area contributed by atoms with Gasteiger partial charge in [-0.15, -0.1) is 11.3 Å². The Bertz CT molecular complexity index is 1450. The summed E-state index contributed by atoms with van der Waals surface area (Å²) in [6.45, 7) is 4.22. The van der Waals surface area contributed by atoms with E-state index in [4.69, 9.17) is 9.84 Å². The number of fused-ring (bicyclic) bond motifs is 3. The molecule has 1 aromatic carbocycles. The third-order valence-corrected chi connectivity index (χ3v) is 9.15. The zero-order valence-corrected chi connectivity index (χ0v) is 21.7. The van der Waals surface area contributed by atoms with Gasteiger partial charge in [0.1, 0.15) is 0 Å². The largest absolute Gasteiger partial charge is 0.472 e. The topological polar surface area (TPSA) is 73.5 Å². The summed E-state index contributed by atoms with van der Waals surface area (Å²) in [6.07, 6.45) is 10.5. The molecule has 0 unspecified atom stereocenters. The van der Waals surface area contributed by atoms with Gasteiger partial charge in [0, 0.05) is 48.1 Å². The highest BCUT2D eigenvalue weighted by molar-refractivity contribution is 7.17. The van der Waals surface area contributed by atoms with Crippen LogP contribution in [0.5, 0.6) is 0 Å². The van der Waals surface area contributed by atoms with Crippen LogP contribution in [0.25, 0.3) is 15.7 Å². The van der Waals surface area contributed by atoms with Gasteiger partial charge in [0.15, 0.2) is 0 Å². The molecular weight excluding hydrogens is 482 g/mol. The highest BCUT2D eigenvalue weighted by atomic mass is 32.1. The maximum atomic E-state index is 13.4. The number of hydrogen-bond acceptors (Lipinski definition) is 5. The van der Waals surface area contributed by atoms with Crippen LogP contribution in [0.4, 0.5) is 4.79 Å². The molecular formula is C29H31N5O2S. The van der Waals surface area contributed by atoms with Crippen LogP contribution in [0, 0.1) is 0 Å². The number of thiophene rings is 1. The van der Waals surface area contributed by atoms with Crippen LogP contribution in [0.3, 0.4) is 0 Å². The number of amides is 2. The number of carbonyl (C=O) groups is 1. The van der Waals surface area contributed by atoms with E-state index in [9.17, 15) is 4.79 Å². The van der Waals surface area contributed by atoms with E-state index in [0.29, 0.717) is 13.1 Å². The van der Waals surface area contributed by atoms with Gasteiger partial charge in [-0.3, -0.25) is 10.00 Å². The number of benzene rings is 1. The Kier molecular flexibility index (Phi) is 5.86. The second kappa shape index (κ2) is 9.50. The monoisotopic (exact) mass is 513 g/mol. The van der Waals surface area contributed by atoms with Gasteiger partial charge in [-0.2, -0.15) is 5.10 Å². The van der Waals surface area contributed by atoms with Crippen molar-refractivity contribution in [1.82, 2.24) is 25.3 Å². The Morgan fingerprint density at radius 1 is 1.22 bits per heavy atom. The van der Waals surface area contributed by atoms with E-state index in [-0.39, 0.29) is 12.1 Å². The quantitative estimate of drug-likeness (QED) is 0.495. The van der Waals surface area contributed by atoms with Gasteiger partial charge in [0.2, 0.25) is 0 Å². The van der Waals surface area contributed by atoms with E-state index in [0.717, 1.165) is 63.1 Å². The molecule has 4 aliphatic rings. The average Bonchev–Trinajstić information content (AvgIpc) is 3.65. The molecule has 2 amide bonds. The summed E-state index contributed by atoms with van der Waals surface area (Å²) in [6, 6.07) is 8.85. The second-order valence-electron chi connectivity index (χ2n) is 10.5. The molecule has 2 N–H and O–H groups in total. The normalized spacial score (nSPS) is 21.6. The molecule has 5 heterocycles. The Morgan fingerprint density at radius 3 is 3.14 bits per heavy atom. The molecule has 1 atom stereocenters. The Morgan fingerprint density at radius 2 is 2.16 bits per heavy atom. The minimum atomic E-state index is 0.0428. The van der Waals surface area contributed by atoms with Crippen LogP contribution < -0.4 is 5.32 Å². The number of aromatic amines is 1. The van der Waals surface area contributed by atoms with Crippen molar-refractivity contribution in [2.75, 3.05) is 19.6 Å². The van der Waals surface area contributed by atoms with E-state index < -0.39 is 0 Å². The zero-order valence-electron chi connectivity index (χ0n) is 20.8. The van der Waals surface area contributed by atoms with Gasteiger partial charge in [-0.05, 0) is 77.4 Å². The van der Waals surface area contributed by atoms with Crippen molar-refractivity contribution in [1.29, 1.82) is 0 Å². The number of nitrogens with zero attached hydrogens (tertiary/aromatic N) is 3. The summed E-state index contributed by atoms with van der Waals surface area (Å²) in [4.78, 5) is 17.8. The number of rotatable bonds is 4. The van der Waals surface area contributed by atoms with Crippen LogP contribution in [0.15, 0.2) is 59.4 Å². The molecule has 0 radical (unpaired) electrons. The maximum absolute atomic E-state index is 13.4. The first-order chi connectivity index (χ1) is 18.2. The molecule has 1 saturated heterocycles. The van der Waals surface area contributed by atoms with Gasteiger partial charge >= 0.3 is 6.03 Å². The Balaban J connectivity index is 1.02. The van der Waals surface area contributed by atoms with Crippen LogP contribution >= 0.6 is 11.3 Å². The molecule has 2 aromatic heterocycles. The maximum Gasteiger partial charge on any atom is 0.317 e. The summed E-state index contributed by atoms with van der Waals surface area (Å²) in [5.41, 5.74) is 8.45. The summed E-state index contributed by atoms with van der Waals surface area (Å²) in [7, 11) is 0. The molecule has 0 spiro atoms. The van der Waals surface area contributed by atoms with E-state index in [1.807, 2.05) is 28.6 Å². The summed E-state index contributed by atoms with van der Waals surface area (Å²) < 4.78 is 6.71. The number of urea groups is 1. The lowest BCUT2D eigenvalue weighted by molar-refractivity contribution is 0.160. The number of hydrogen-bond donors (Lipinski definition) is 2. The number of allylic oxidation sites excluding steroid dienone is 4. The van der Waals surface area contributed by atoms with Crippen molar-refractivity contribution in [3.05, 3.63) is 81.9 Å². The molecule has 3 aliphatic heterocycles. The van der Waals surface area contributed by atoms with Crippen molar-refractivity contribution in [3.8, 4) is 0 Å². The van der Waals surface area contributed by atoms with Crippen molar-refractivity contribution in [3.63, 3.8) is 0 Å². The summed E-state index contributed by atoms with van der Waals surface area (Å²) in [5.74, 6) is 0. The third-order valence-electron chi connectivity index (χ3n) is 8.13. The van der Waals surface area contributed by atoms with Gasteiger partial charge < -0.3 is 15.0 Å². The van der Waals surface area contributed by atoms with Gasteiger partial charge in [0.05, 0.1) is 24.8 Å². The fourth-order valence-electron chi connectivity index (χ4n) is 6.22. The minimum Gasteiger partial charge on any atom is -0.472 e. The SMILES string of the molecule is O=C(N[C@@H]1CCCN(Cc2csc3ccccc23)C1)N1CCc2[nH]nc(C3=C4C=COC=C4CC3)c2C1. The number of nitrogens with one attached hydrogen (secondary N) is 2. The third kappa shape index (κ3) is 4.28. The number of likely N-dealkylation sites (tertiary alicyclic amines) is 1. The molecule has 0 saturated carbocycles. The van der Waals surface area contributed by atoms with Crippen molar-refractivity contribution in [2.45, 2.75) is 51.2 Å². The first-order valence-corrected chi connectivity index (χ1v) is 14.1. The standard InChI is InChI=1S/C29H31N5O2S/c35-29(30-21-4-3-11-33(15-21)14-20-18-37-27-6-2-1-5-23(20)27)34-12-9-26-25(16-34)28(32-31-26)24-8-7-19-17-36-13-10-22(19)24/h1-2,5-6,10,13,17-18,21H,3-4,7-9,11-12,14-16H2,(H,30,35)(H,31,32)/t21-/m1/s1. The Labute approximate surface area is 220 Å². The zero-order chi connectivity index (χ0) is 24.8. The predicted molar refractivity (Wildman–Crippen MR) is 146 cm³/mol. The highest BCUT2D eigenvalue weighted by Gasteiger charge is 2.31. The molecule has 7 nitrogen and oxygen atoms in total. The smallest absolute Gasteiger partial charge is 0.317 e. The first-order valence-electron chi connectivity index (χ1n) is 13.3. The fraction of sp³-hybridized carbons (Fsp3) is 0.379. The van der Waals surface area contributed by atoms with Crippen LogP contribution in [0.1, 0.15) is 48.2 Å². The van der Waals surface area contributed by atoms with Gasteiger partial charge in [-0.25, -0.2) is 4.79 Å². The number of piperidine rings is 1. The number of ether oxygens (including phenoxy) is 1. The lowest BCUT2D eigenvalue weighted by atomic mass is 9.98. The lowest BCUT2D eigenvalue weighted by Crippen LogP contribution is -2.52. The summed E-state index contributed by atoms with van der Waals surface area (Å²) in [5, 5.41) is 15.0. The number of carbonyl (C=O) groups excluding carboxylic acids is 1. The average molecular weight is 514 g/mol. The highest BCUT2D eigenvalue weighted by Crippen LogP contribution is 2.41. The van der Waals surface area contributed by atoms with Gasteiger partial charge in [-0.1, -0.05) is 18.2 Å². The minimum absolute atomic E-state index is 0.0428. The molecule has 7 rings (SSSR count). The van der Waals surface area contributed by atoms with E-state index in [2.05, 4.69) is 45.0 Å². The Hall–Kier alpha value is -3.36. The van der Waals surface area contributed by atoms with E-state index in [1.54, 1.807) is 6.26 Å². The van der Waals surface area contributed by atoms with Gasteiger partial charge in [0.25, 0.3) is 0 Å². The van der Waals surface area contributed by atoms with E-state index >= 15 is 0 Å². The number of H-pyrrole nitrogens is 1. The molecule has 3 aromatic rings. The van der Waals surface area contributed by atoms with Crippen molar-refractivity contribution < 1.29 is 9.53 Å². The summed E-state index contributed by atoms with van der Waals surface area (Å²) >= 11 is 1.82. The molecule has 190 valence electrons. The molecule has 37 heavy (non-hydrogen) atoms. The predicted octanol–water partition coefficient (Wildman–Crippen LogP) is 5.33. The van der Waals surface area contributed by atoms with Crippen LogP contribution in [-0.4, -0.2) is 51.7 Å². The first kappa shape index (κ1) is 22.8. The molecule has 1 aliphatic carbocycles. The lowest BCUT2D eigenvalue weighted by Gasteiger charge is -2.35. The molecule has 1 fully saturated rings. The van der Waals surface area contributed by atoms with E-state index in [1.165, 1.54) is 37.9 Å². The fourth-order valence-corrected chi connectivity index (χ4v) is 7.18. The van der Waals surface area contributed by atoms with Crippen LogP contribution in [-0.2, 0) is 24.2 Å². The molecule has 0 bridgehead atoms. The second-order valence-corrected chi connectivity index (χ2v) is 11.4. The van der Waals surface area contributed by atoms with Crippen LogP contribution in [0.2, 0.25) is 0 Å². The molecule has 8 heteroatoms.